The zero-order chi connectivity index (χ0) is 22.1. The quantitative estimate of drug-likeness (QED) is 0.486. The summed E-state index contributed by atoms with van der Waals surface area (Å²) in [6, 6.07) is 18.4. The van der Waals surface area contributed by atoms with Crippen LogP contribution in [0.15, 0.2) is 67.0 Å². The summed E-state index contributed by atoms with van der Waals surface area (Å²) in [5, 5.41) is 14.5. The fourth-order valence-corrected chi connectivity index (χ4v) is 3.57. The summed E-state index contributed by atoms with van der Waals surface area (Å²) in [6.07, 6.45) is 4.44. The Kier molecular flexibility index (Phi) is 8.64. The first kappa shape index (κ1) is 23.0. The number of aromatic nitrogens is 2. The first-order chi connectivity index (χ1) is 15.0. The van der Waals surface area contributed by atoms with Crippen LogP contribution in [0.1, 0.15) is 16.7 Å². The van der Waals surface area contributed by atoms with Gasteiger partial charge < -0.3 is 14.7 Å². The molecule has 0 radical (unpaired) electrons. The predicted octanol–water partition coefficient (Wildman–Crippen LogP) is 2.97. The summed E-state index contributed by atoms with van der Waals surface area (Å²) in [7, 11) is 6.08. The SMILES string of the molecule is CN(CCc1cnn(C)c1)Cc1ccc(OCC(O)CN(C)Cc2ccccc2)cc1. The molecule has 2 aromatic carbocycles. The van der Waals surface area contributed by atoms with Crippen molar-refractivity contribution in [2.45, 2.75) is 25.6 Å². The lowest BCUT2D eigenvalue weighted by Gasteiger charge is -2.21. The minimum Gasteiger partial charge on any atom is -0.491 e. The van der Waals surface area contributed by atoms with E-state index in [0.29, 0.717) is 6.54 Å². The second-order valence-corrected chi connectivity index (χ2v) is 8.30. The molecule has 166 valence electrons. The maximum Gasteiger partial charge on any atom is 0.119 e. The predicted molar refractivity (Wildman–Crippen MR) is 124 cm³/mol. The van der Waals surface area contributed by atoms with Gasteiger partial charge in [0.05, 0.1) is 6.20 Å². The molecule has 0 saturated carbocycles. The average molecular weight is 423 g/mol. The van der Waals surface area contributed by atoms with Crippen molar-refractivity contribution in [2.24, 2.45) is 7.05 Å². The van der Waals surface area contributed by atoms with Crippen molar-refractivity contribution >= 4 is 0 Å². The number of aliphatic hydroxyl groups excluding tert-OH is 1. The van der Waals surface area contributed by atoms with Gasteiger partial charge in [-0.05, 0) is 49.3 Å². The normalized spacial score (nSPS) is 12.5. The Morgan fingerprint density at radius 3 is 2.29 bits per heavy atom. The van der Waals surface area contributed by atoms with Gasteiger partial charge in [0.1, 0.15) is 18.5 Å². The Bertz CT molecular complexity index is 895. The van der Waals surface area contributed by atoms with Crippen LogP contribution in [-0.4, -0.2) is 64.6 Å². The molecule has 1 N–H and O–H groups in total. The van der Waals surface area contributed by atoms with Gasteiger partial charge in [0.25, 0.3) is 0 Å². The molecule has 0 bridgehead atoms. The largest absolute Gasteiger partial charge is 0.491 e. The molecule has 3 rings (SSSR count). The summed E-state index contributed by atoms with van der Waals surface area (Å²) in [5.74, 6) is 0.784. The lowest BCUT2D eigenvalue weighted by Crippen LogP contribution is -2.32. The number of aliphatic hydroxyl groups is 1. The molecule has 1 unspecified atom stereocenters. The Morgan fingerprint density at radius 1 is 0.935 bits per heavy atom. The molecule has 1 atom stereocenters. The molecule has 1 heterocycles. The van der Waals surface area contributed by atoms with Gasteiger partial charge in [-0.25, -0.2) is 0 Å². The van der Waals surface area contributed by atoms with Crippen LogP contribution in [-0.2, 0) is 26.6 Å². The van der Waals surface area contributed by atoms with Gasteiger partial charge in [0, 0.05) is 39.4 Å². The molecule has 31 heavy (non-hydrogen) atoms. The number of hydrogen-bond donors (Lipinski definition) is 1. The van der Waals surface area contributed by atoms with Gasteiger partial charge in [0.2, 0.25) is 0 Å². The van der Waals surface area contributed by atoms with Crippen LogP contribution in [0.3, 0.4) is 0 Å². The summed E-state index contributed by atoms with van der Waals surface area (Å²) < 4.78 is 7.63. The first-order valence-electron chi connectivity index (χ1n) is 10.8. The highest BCUT2D eigenvalue weighted by Gasteiger charge is 2.10. The molecule has 0 aliphatic rings. The third-order valence-corrected chi connectivity index (χ3v) is 5.18. The third kappa shape index (κ3) is 8.17. The summed E-state index contributed by atoms with van der Waals surface area (Å²) >= 11 is 0. The van der Waals surface area contributed by atoms with Crippen molar-refractivity contribution in [3.05, 3.63) is 83.7 Å². The molecule has 6 heteroatoms. The van der Waals surface area contributed by atoms with Crippen molar-refractivity contribution in [3.63, 3.8) is 0 Å². The number of likely N-dealkylation sites (N-methyl/N-ethyl adjacent to an activating group) is 2. The van der Waals surface area contributed by atoms with Crippen LogP contribution >= 0.6 is 0 Å². The van der Waals surface area contributed by atoms with Crippen LogP contribution < -0.4 is 4.74 Å². The summed E-state index contributed by atoms with van der Waals surface area (Å²) in [6.45, 7) is 3.51. The molecule has 0 amide bonds. The smallest absolute Gasteiger partial charge is 0.119 e. The van der Waals surface area contributed by atoms with E-state index in [1.807, 2.05) is 55.3 Å². The van der Waals surface area contributed by atoms with E-state index in [9.17, 15) is 5.11 Å². The van der Waals surface area contributed by atoms with Crippen LogP contribution in [0.4, 0.5) is 0 Å². The van der Waals surface area contributed by atoms with Crippen LogP contribution in [0.2, 0.25) is 0 Å². The number of aryl methyl sites for hydroxylation is 1. The maximum atomic E-state index is 10.3. The molecule has 6 nitrogen and oxygen atoms in total. The van der Waals surface area contributed by atoms with Crippen LogP contribution in [0.5, 0.6) is 5.75 Å². The van der Waals surface area contributed by atoms with Crippen molar-refractivity contribution < 1.29 is 9.84 Å². The zero-order valence-corrected chi connectivity index (χ0v) is 18.8. The molecular formula is C25H34N4O2. The maximum absolute atomic E-state index is 10.3. The Balaban J connectivity index is 1.36. The molecule has 0 aliphatic heterocycles. The van der Waals surface area contributed by atoms with Crippen LogP contribution in [0.25, 0.3) is 0 Å². The molecule has 3 aromatic rings. The number of rotatable bonds is 12. The van der Waals surface area contributed by atoms with Crippen molar-refractivity contribution in [1.29, 1.82) is 0 Å². The minimum absolute atomic E-state index is 0.281. The van der Waals surface area contributed by atoms with Gasteiger partial charge in [-0.2, -0.15) is 5.10 Å². The molecule has 0 fully saturated rings. The van der Waals surface area contributed by atoms with Crippen molar-refractivity contribution in [3.8, 4) is 5.75 Å². The first-order valence-corrected chi connectivity index (χ1v) is 10.8. The van der Waals surface area contributed by atoms with E-state index in [2.05, 4.69) is 52.4 Å². The number of hydrogen-bond acceptors (Lipinski definition) is 5. The fourth-order valence-electron chi connectivity index (χ4n) is 3.57. The van der Waals surface area contributed by atoms with E-state index in [1.165, 1.54) is 16.7 Å². The van der Waals surface area contributed by atoms with E-state index in [-0.39, 0.29) is 6.61 Å². The summed E-state index contributed by atoms with van der Waals surface area (Å²) in [5.41, 5.74) is 3.73. The Morgan fingerprint density at radius 2 is 1.61 bits per heavy atom. The molecule has 0 spiro atoms. The molecule has 0 saturated heterocycles. The fraction of sp³-hybridized carbons (Fsp3) is 0.400. The van der Waals surface area contributed by atoms with Gasteiger partial charge in [-0.3, -0.25) is 9.58 Å². The van der Waals surface area contributed by atoms with E-state index in [1.54, 1.807) is 0 Å². The second-order valence-electron chi connectivity index (χ2n) is 8.30. The van der Waals surface area contributed by atoms with E-state index < -0.39 is 6.10 Å². The lowest BCUT2D eigenvalue weighted by atomic mass is 10.2. The lowest BCUT2D eigenvalue weighted by molar-refractivity contribution is 0.0744. The Labute approximate surface area is 185 Å². The van der Waals surface area contributed by atoms with E-state index in [0.717, 1.165) is 31.8 Å². The molecular weight excluding hydrogens is 388 g/mol. The minimum atomic E-state index is -0.535. The zero-order valence-electron chi connectivity index (χ0n) is 18.8. The van der Waals surface area contributed by atoms with Crippen LogP contribution in [0, 0.1) is 0 Å². The topological polar surface area (TPSA) is 53.8 Å². The van der Waals surface area contributed by atoms with Gasteiger partial charge in [-0.15, -0.1) is 0 Å². The third-order valence-electron chi connectivity index (χ3n) is 5.18. The van der Waals surface area contributed by atoms with Crippen molar-refractivity contribution in [1.82, 2.24) is 19.6 Å². The highest BCUT2D eigenvalue weighted by atomic mass is 16.5. The van der Waals surface area contributed by atoms with Crippen molar-refractivity contribution in [2.75, 3.05) is 33.8 Å². The molecule has 1 aromatic heterocycles. The summed E-state index contributed by atoms with van der Waals surface area (Å²) in [4.78, 5) is 4.41. The number of benzene rings is 2. The van der Waals surface area contributed by atoms with Gasteiger partial charge in [0.15, 0.2) is 0 Å². The highest BCUT2D eigenvalue weighted by Crippen LogP contribution is 2.14. The Hall–Kier alpha value is -2.67. The highest BCUT2D eigenvalue weighted by molar-refractivity contribution is 5.27. The van der Waals surface area contributed by atoms with E-state index >= 15 is 0 Å². The van der Waals surface area contributed by atoms with Gasteiger partial charge >= 0.3 is 0 Å². The monoisotopic (exact) mass is 422 g/mol. The standard InChI is InChI=1S/C25H34N4O2/c1-27(14-13-23-15-26-29(3)18-23)16-22-9-11-25(12-10-22)31-20-24(30)19-28(2)17-21-7-5-4-6-8-21/h4-12,15,18,24,30H,13-14,16-17,19-20H2,1-3H3. The number of nitrogens with zero attached hydrogens (tertiary/aromatic N) is 4. The van der Waals surface area contributed by atoms with Gasteiger partial charge in [-0.1, -0.05) is 42.5 Å². The second kappa shape index (κ2) is 11.6. The number of ether oxygens (including phenoxy) is 1. The average Bonchev–Trinajstić information content (AvgIpc) is 3.17. The van der Waals surface area contributed by atoms with E-state index in [4.69, 9.17) is 4.74 Å². The molecule has 0 aliphatic carbocycles.